The van der Waals surface area contributed by atoms with Crippen LogP contribution in [0.4, 0.5) is 18.9 Å². The van der Waals surface area contributed by atoms with Gasteiger partial charge in [-0.05, 0) is 18.2 Å². The van der Waals surface area contributed by atoms with Crippen LogP contribution in [0.15, 0.2) is 33.9 Å². The predicted octanol–water partition coefficient (Wildman–Crippen LogP) is 2.61. The minimum absolute atomic E-state index is 0.0319. The quantitative estimate of drug-likeness (QED) is 0.828. The predicted molar refractivity (Wildman–Crippen MR) is 90.3 cm³/mol. The van der Waals surface area contributed by atoms with E-state index in [-0.39, 0.29) is 23.4 Å². The number of nitrogens with two attached hydrogens (primary N) is 1. The van der Waals surface area contributed by atoms with Gasteiger partial charge >= 0.3 is 0 Å². The molecular formula is C17H17F3N4O3. The highest BCUT2D eigenvalue weighted by Gasteiger charge is 2.42. The van der Waals surface area contributed by atoms with Gasteiger partial charge in [0.05, 0.1) is 0 Å². The van der Waals surface area contributed by atoms with Crippen molar-refractivity contribution in [2.45, 2.75) is 25.0 Å². The minimum Gasteiger partial charge on any atom is -0.459 e. The van der Waals surface area contributed by atoms with E-state index in [0.29, 0.717) is 5.89 Å². The number of hydrogen-bond acceptors (Lipinski definition) is 6. The molecule has 0 unspecified atom stereocenters. The van der Waals surface area contributed by atoms with E-state index in [0.717, 1.165) is 6.07 Å². The Morgan fingerprint density at radius 3 is 2.85 bits per heavy atom. The molecule has 1 aliphatic rings. The van der Waals surface area contributed by atoms with Crippen LogP contribution in [0.3, 0.4) is 0 Å². The number of ether oxygens (including phenoxy) is 1. The van der Waals surface area contributed by atoms with E-state index in [2.05, 4.69) is 15.3 Å². The van der Waals surface area contributed by atoms with Gasteiger partial charge in [-0.25, -0.2) is 23.1 Å². The molecule has 1 aromatic heterocycles. The summed E-state index contributed by atoms with van der Waals surface area (Å²) in [5, 5.41) is 2.52. The molecule has 2 heterocycles. The SMILES string of the molecule is Cc1nc(C(=O)Nc2ccc(F)c([C@]3(CF)C[C@@H](CF)OC(N)=N3)c2)co1. The highest BCUT2D eigenvalue weighted by Crippen LogP contribution is 2.38. The maximum atomic E-state index is 14.5. The molecule has 2 aromatic rings. The van der Waals surface area contributed by atoms with Crippen LogP contribution in [-0.2, 0) is 10.3 Å². The summed E-state index contributed by atoms with van der Waals surface area (Å²) in [6.07, 6.45) is -0.112. The monoisotopic (exact) mass is 382 g/mol. The van der Waals surface area contributed by atoms with E-state index >= 15 is 0 Å². The fourth-order valence-corrected chi connectivity index (χ4v) is 2.91. The molecule has 0 fully saturated rings. The molecule has 1 aromatic carbocycles. The number of halogens is 3. The summed E-state index contributed by atoms with van der Waals surface area (Å²) in [5.74, 6) is -1.05. The Morgan fingerprint density at radius 2 is 2.22 bits per heavy atom. The number of nitrogens with one attached hydrogen (secondary N) is 1. The first-order valence-electron chi connectivity index (χ1n) is 8.04. The lowest BCUT2D eigenvalue weighted by molar-refractivity contribution is 0.0781. The van der Waals surface area contributed by atoms with Gasteiger partial charge < -0.3 is 20.2 Å². The van der Waals surface area contributed by atoms with Crippen molar-refractivity contribution in [2.75, 3.05) is 18.7 Å². The van der Waals surface area contributed by atoms with E-state index in [4.69, 9.17) is 14.9 Å². The molecule has 0 bridgehead atoms. The zero-order chi connectivity index (χ0) is 19.6. The number of nitrogens with zero attached hydrogens (tertiary/aromatic N) is 2. The number of aromatic nitrogens is 1. The maximum Gasteiger partial charge on any atom is 0.283 e. The normalized spacial score (nSPS) is 22.1. The summed E-state index contributed by atoms with van der Waals surface area (Å²) in [6.45, 7) is -0.474. The Kier molecular flexibility index (Phi) is 5.06. The van der Waals surface area contributed by atoms with Gasteiger partial charge in [-0.1, -0.05) is 0 Å². The number of anilines is 1. The largest absolute Gasteiger partial charge is 0.459 e. The van der Waals surface area contributed by atoms with E-state index in [1.165, 1.54) is 18.4 Å². The molecule has 10 heteroatoms. The van der Waals surface area contributed by atoms with Gasteiger partial charge in [-0.2, -0.15) is 0 Å². The third-order valence-electron chi connectivity index (χ3n) is 4.15. The van der Waals surface area contributed by atoms with Gasteiger partial charge in [0.2, 0.25) is 0 Å². The van der Waals surface area contributed by atoms with Crippen molar-refractivity contribution in [3.63, 3.8) is 0 Å². The second-order valence-corrected chi connectivity index (χ2v) is 6.11. The number of alkyl halides is 2. The number of rotatable bonds is 5. The Bertz CT molecular complexity index is 886. The summed E-state index contributed by atoms with van der Waals surface area (Å²) in [6, 6.07) is 3.17. The average molecular weight is 382 g/mol. The van der Waals surface area contributed by atoms with Crippen molar-refractivity contribution < 1.29 is 27.1 Å². The molecule has 0 spiro atoms. The molecule has 2 atom stereocenters. The summed E-state index contributed by atoms with van der Waals surface area (Å²) in [4.78, 5) is 20.0. The van der Waals surface area contributed by atoms with E-state index < -0.39 is 42.7 Å². The van der Waals surface area contributed by atoms with E-state index in [1.807, 2.05) is 0 Å². The number of amides is 1. The van der Waals surface area contributed by atoms with Crippen molar-refractivity contribution in [3.8, 4) is 0 Å². The Balaban J connectivity index is 1.94. The topological polar surface area (TPSA) is 103 Å². The van der Waals surface area contributed by atoms with Crippen LogP contribution in [0.1, 0.15) is 28.4 Å². The number of aryl methyl sites for hydroxylation is 1. The van der Waals surface area contributed by atoms with Crippen molar-refractivity contribution in [3.05, 3.63) is 47.4 Å². The third kappa shape index (κ3) is 3.74. The standard InChI is InChI=1S/C17H17F3N4O3/c1-9-22-14(7-26-9)15(25)23-10-2-3-13(20)12(4-10)17(8-19)5-11(6-18)27-16(21)24-17/h2-4,7,11H,5-6,8H2,1H3,(H2,21,24)(H,23,25)/t11-,17+/m0/s1. The first-order chi connectivity index (χ1) is 12.9. The van der Waals surface area contributed by atoms with Crippen LogP contribution >= 0.6 is 0 Å². The van der Waals surface area contributed by atoms with Crippen molar-refractivity contribution >= 4 is 17.6 Å². The molecule has 1 aliphatic heterocycles. The summed E-state index contributed by atoms with van der Waals surface area (Å²) in [7, 11) is 0. The Hall–Kier alpha value is -3.04. The first kappa shape index (κ1) is 18.7. The molecule has 0 radical (unpaired) electrons. The third-order valence-corrected chi connectivity index (χ3v) is 4.15. The minimum atomic E-state index is -1.74. The number of amidine groups is 1. The first-order valence-corrected chi connectivity index (χ1v) is 8.04. The second kappa shape index (κ2) is 7.29. The molecule has 7 nitrogen and oxygen atoms in total. The van der Waals surface area contributed by atoms with Crippen LogP contribution in [0.25, 0.3) is 0 Å². The molecule has 1 amide bonds. The average Bonchev–Trinajstić information content (AvgIpc) is 3.09. The molecular weight excluding hydrogens is 365 g/mol. The molecule has 0 aliphatic carbocycles. The second-order valence-electron chi connectivity index (χ2n) is 6.11. The van der Waals surface area contributed by atoms with Crippen molar-refractivity contribution in [1.82, 2.24) is 4.98 Å². The number of carbonyl (C=O) groups excluding carboxylic acids is 1. The highest BCUT2D eigenvalue weighted by atomic mass is 19.1. The lowest BCUT2D eigenvalue weighted by atomic mass is 9.85. The van der Waals surface area contributed by atoms with Crippen LogP contribution in [-0.4, -0.2) is 36.4 Å². The molecule has 3 rings (SSSR count). The fourth-order valence-electron chi connectivity index (χ4n) is 2.91. The molecule has 0 saturated carbocycles. The zero-order valence-corrected chi connectivity index (χ0v) is 14.3. The summed E-state index contributed by atoms with van der Waals surface area (Å²) < 4.78 is 51.4. The van der Waals surface area contributed by atoms with E-state index in [9.17, 15) is 18.0 Å². The Labute approximate surface area is 152 Å². The number of hydrogen-bond donors (Lipinski definition) is 2. The van der Waals surface area contributed by atoms with Crippen molar-refractivity contribution in [2.24, 2.45) is 10.7 Å². The lowest BCUT2D eigenvalue weighted by Gasteiger charge is -2.35. The summed E-state index contributed by atoms with van der Waals surface area (Å²) >= 11 is 0. The highest BCUT2D eigenvalue weighted by molar-refractivity contribution is 6.02. The van der Waals surface area contributed by atoms with Crippen LogP contribution < -0.4 is 11.1 Å². The van der Waals surface area contributed by atoms with Gasteiger partial charge in [0.15, 0.2) is 11.6 Å². The van der Waals surface area contributed by atoms with Gasteiger partial charge in [-0.3, -0.25) is 4.79 Å². The fraction of sp³-hybridized carbons (Fsp3) is 0.353. The van der Waals surface area contributed by atoms with Gasteiger partial charge in [-0.15, -0.1) is 0 Å². The van der Waals surface area contributed by atoms with Gasteiger partial charge in [0.1, 0.15) is 37.1 Å². The number of benzene rings is 1. The maximum absolute atomic E-state index is 14.5. The summed E-state index contributed by atoms with van der Waals surface area (Å²) in [5.41, 5.74) is 3.83. The van der Waals surface area contributed by atoms with Crippen molar-refractivity contribution in [1.29, 1.82) is 0 Å². The number of aliphatic imine (C=N–C) groups is 1. The van der Waals surface area contributed by atoms with E-state index in [1.54, 1.807) is 6.92 Å². The van der Waals surface area contributed by atoms with Crippen LogP contribution in [0, 0.1) is 12.7 Å². The molecule has 27 heavy (non-hydrogen) atoms. The lowest BCUT2D eigenvalue weighted by Crippen LogP contribution is -2.43. The smallest absolute Gasteiger partial charge is 0.283 e. The van der Waals surface area contributed by atoms with Crippen LogP contribution in [0.5, 0.6) is 0 Å². The van der Waals surface area contributed by atoms with Gasteiger partial charge in [0, 0.05) is 24.6 Å². The molecule has 0 saturated heterocycles. The molecule has 3 N–H and O–H groups in total. The molecule has 144 valence electrons. The van der Waals surface area contributed by atoms with Crippen LogP contribution in [0.2, 0.25) is 0 Å². The number of oxazole rings is 1. The van der Waals surface area contributed by atoms with Gasteiger partial charge in [0.25, 0.3) is 11.9 Å². The number of carbonyl (C=O) groups is 1. The Morgan fingerprint density at radius 1 is 1.44 bits per heavy atom. The zero-order valence-electron chi connectivity index (χ0n) is 14.3.